The first-order valence-electron chi connectivity index (χ1n) is 9.67. The van der Waals surface area contributed by atoms with Crippen LogP contribution in [-0.2, 0) is 17.6 Å². The summed E-state index contributed by atoms with van der Waals surface area (Å²) in [6.07, 6.45) is 2.54. The first kappa shape index (κ1) is 21.2. The zero-order chi connectivity index (χ0) is 21.5. The molecule has 1 N–H and O–H groups in total. The van der Waals surface area contributed by atoms with Gasteiger partial charge in [0.25, 0.3) is 5.91 Å². The van der Waals surface area contributed by atoms with Crippen LogP contribution in [0.2, 0.25) is 0 Å². The number of amides is 1. The van der Waals surface area contributed by atoms with Gasteiger partial charge in [0.2, 0.25) is 0 Å². The molecule has 5 nitrogen and oxygen atoms in total. The van der Waals surface area contributed by atoms with Crippen molar-refractivity contribution in [3.63, 3.8) is 0 Å². The molecular formula is C24H23FN2O3. The number of carboxylic acids is 1. The smallest absolute Gasteiger partial charge is 0.323 e. The number of halogens is 1. The Labute approximate surface area is 174 Å². The highest BCUT2D eigenvalue weighted by Gasteiger charge is 2.19. The highest BCUT2D eigenvalue weighted by Crippen LogP contribution is 2.12. The molecule has 154 valence electrons. The standard InChI is InChI=1S/C24H23FN2O3/c1-17-3-2-4-18(13-17)11-12-27(16-23(28)29)24(30)20-7-10-22(26-15-20)14-19-5-8-21(25)9-6-19/h2-10,13,15H,11-12,14,16H2,1H3,(H,28,29). The minimum Gasteiger partial charge on any atom is -0.480 e. The number of aromatic nitrogens is 1. The fourth-order valence-corrected chi connectivity index (χ4v) is 3.20. The molecule has 0 saturated heterocycles. The molecule has 30 heavy (non-hydrogen) atoms. The third kappa shape index (κ3) is 5.98. The van der Waals surface area contributed by atoms with Crippen LogP contribution in [0.1, 0.15) is 32.7 Å². The van der Waals surface area contributed by atoms with Gasteiger partial charge in [-0.1, -0.05) is 42.0 Å². The molecule has 0 aliphatic heterocycles. The molecule has 0 fully saturated rings. The van der Waals surface area contributed by atoms with Gasteiger partial charge >= 0.3 is 5.97 Å². The summed E-state index contributed by atoms with van der Waals surface area (Å²) in [5.74, 6) is -1.73. The zero-order valence-electron chi connectivity index (χ0n) is 16.7. The molecule has 0 aliphatic rings. The number of nitrogens with zero attached hydrogens (tertiary/aromatic N) is 2. The molecule has 2 aromatic carbocycles. The molecule has 1 heterocycles. The molecule has 0 unspecified atom stereocenters. The Kier molecular flexibility index (Phi) is 6.91. The quantitative estimate of drug-likeness (QED) is 0.616. The minimum absolute atomic E-state index is 0.295. The number of aliphatic carboxylic acids is 1. The van der Waals surface area contributed by atoms with E-state index in [1.807, 2.05) is 31.2 Å². The third-order valence-electron chi connectivity index (χ3n) is 4.74. The minimum atomic E-state index is -1.06. The molecule has 3 rings (SSSR count). The monoisotopic (exact) mass is 406 g/mol. The summed E-state index contributed by atoms with van der Waals surface area (Å²) in [6, 6.07) is 17.5. The molecule has 6 heteroatoms. The lowest BCUT2D eigenvalue weighted by Crippen LogP contribution is -2.37. The van der Waals surface area contributed by atoms with Crippen LogP contribution in [0.5, 0.6) is 0 Å². The molecule has 3 aromatic rings. The van der Waals surface area contributed by atoms with Crippen LogP contribution in [-0.4, -0.2) is 40.0 Å². The third-order valence-corrected chi connectivity index (χ3v) is 4.74. The van der Waals surface area contributed by atoms with Crippen molar-refractivity contribution >= 4 is 11.9 Å². The lowest BCUT2D eigenvalue weighted by Gasteiger charge is -2.21. The number of hydrogen-bond acceptors (Lipinski definition) is 3. The van der Waals surface area contributed by atoms with Gasteiger partial charge in [-0.05, 0) is 48.7 Å². The van der Waals surface area contributed by atoms with Gasteiger partial charge in [-0.25, -0.2) is 4.39 Å². The second-order valence-corrected chi connectivity index (χ2v) is 7.20. The molecular weight excluding hydrogens is 383 g/mol. The molecule has 1 aromatic heterocycles. The van der Waals surface area contributed by atoms with E-state index in [4.69, 9.17) is 0 Å². The normalized spacial score (nSPS) is 10.6. The van der Waals surface area contributed by atoms with Crippen molar-refractivity contribution in [2.75, 3.05) is 13.1 Å². The highest BCUT2D eigenvalue weighted by molar-refractivity contribution is 5.95. The van der Waals surface area contributed by atoms with Gasteiger partial charge in [0.05, 0.1) is 5.56 Å². The molecule has 0 radical (unpaired) electrons. The number of pyridine rings is 1. The van der Waals surface area contributed by atoms with Crippen molar-refractivity contribution in [1.29, 1.82) is 0 Å². The fraction of sp³-hybridized carbons (Fsp3) is 0.208. The van der Waals surface area contributed by atoms with Gasteiger partial charge in [0.1, 0.15) is 12.4 Å². The Morgan fingerprint density at radius 2 is 1.80 bits per heavy atom. The van der Waals surface area contributed by atoms with E-state index in [1.165, 1.54) is 23.2 Å². The van der Waals surface area contributed by atoms with Gasteiger partial charge < -0.3 is 10.0 Å². The Balaban J connectivity index is 1.68. The molecule has 0 saturated carbocycles. The number of carboxylic acid groups (broad SMARTS) is 1. The number of carbonyl (C=O) groups is 2. The van der Waals surface area contributed by atoms with E-state index in [2.05, 4.69) is 4.98 Å². The van der Waals surface area contributed by atoms with Crippen molar-refractivity contribution in [1.82, 2.24) is 9.88 Å². The van der Waals surface area contributed by atoms with Crippen molar-refractivity contribution < 1.29 is 19.1 Å². The molecule has 0 atom stereocenters. The van der Waals surface area contributed by atoms with Crippen LogP contribution in [0.15, 0.2) is 66.9 Å². The summed E-state index contributed by atoms with van der Waals surface area (Å²) in [5, 5.41) is 9.21. The fourth-order valence-electron chi connectivity index (χ4n) is 3.20. The number of aryl methyl sites for hydroxylation is 1. The average Bonchev–Trinajstić information content (AvgIpc) is 2.73. The summed E-state index contributed by atoms with van der Waals surface area (Å²) in [6.45, 7) is 1.91. The van der Waals surface area contributed by atoms with E-state index >= 15 is 0 Å². The Bertz CT molecular complexity index is 1020. The predicted octanol–water partition coefficient (Wildman–Crippen LogP) is 3.89. The number of carbonyl (C=O) groups excluding carboxylic acids is 1. The largest absolute Gasteiger partial charge is 0.480 e. The second-order valence-electron chi connectivity index (χ2n) is 7.20. The second kappa shape index (κ2) is 9.78. The van der Waals surface area contributed by atoms with Crippen LogP contribution in [0.3, 0.4) is 0 Å². The van der Waals surface area contributed by atoms with Crippen LogP contribution >= 0.6 is 0 Å². The maximum absolute atomic E-state index is 13.0. The van der Waals surface area contributed by atoms with E-state index < -0.39 is 5.97 Å². The molecule has 1 amide bonds. The first-order valence-corrected chi connectivity index (χ1v) is 9.67. The van der Waals surface area contributed by atoms with Crippen LogP contribution < -0.4 is 0 Å². The van der Waals surface area contributed by atoms with Crippen LogP contribution in [0.4, 0.5) is 4.39 Å². The number of rotatable bonds is 8. The topological polar surface area (TPSA) is 70.5 Å². The SMILES string of the molecule is Cc1cccc(CCN(CC(=O)O)C(=O)c2ccc(Cc3ccc(F)cc3)nc2)c1. The van der Waals surface area contributed by atoms with Gasteiger partial charge in [-0.3, -0.25) is 14.6 Å². The summed E-state index contributed by atoms with van der Waals surface area (Å²) in [4.78, 5) is 29.8. The lowest BCUT2D eigenvalue weighted by atomic mass is 10.1. The lowest BCUT2D eigenvalue weighted by molar-refractivity contribution is -0.137. The Morgan fingerprint density at radius 1 is 1.03 bits per heavy atom. The Morgan fingerprint density at radius 3 is 2.43 bits per heavy atom. The predicted molar refractivity (Wildman–Crippen MR) is 112 cm³/mol. The van der Waals surface area contributed by atoms with E-state index in [-0.39, 0.29) is 18.3 Å². The van der Waals surface area contributed by atoms with E-state index in [1.54, 1.807) is 24.3 Å². The maximum Gasteiger partial charge on any atom is 0.323 e. The summed E-state index contributed by atoms with van der Waals surface area (Å²) in [7, 11) is 0. The van der Waals surface area contributed by atoms with Crippen LogP contribution in [0.25, 0.3) is 0 Å². The summed E-state index contributed by atoms with van der Waals surface area (Å²) < 4.78 is 13.0. The highest BCUT2D eigenvalue weighted by atomic mass is 19.1. The molecule has 0 spiro atoms. The molecule has 0 aliphatic carbocycles. The van der Waals surface area contributed by atoms with E-state index in [9.17, 15) is 19.1 Å². The van der Waals surface area contributed by atoms with E-state index in [0.29, 0.717) is 24.9 Å². The molecule has 0 bridgehead atoms. The Hall–Kier alpha value is -3.54. The van der Waals surface area contributed by atoms with Gasteiger partial charge in [-0.2, -0.15) is 0 Å². The van der Waals surface area contributed by atoms with Crippen molar-refractivity contribution in [2.24, 2.45) is 0 Å². The van der Waals surface area contributed by atoms with Gasteiger partial charge in [0.15, 0.2) is 0 Å². The van der Waals surface area contributed by atoms with Crippen LogP contribution in [0, 0.1) is 12.7 Å². The first-order chi connectivity index (χ1) is 14.4. The van der Waals surface area contributed by atoms with Crippen molar-refractivity contribution in [3.8, 4) is 0 Å². The maximum atomic E-state index is 13.0. The van der Waals surface area contributed by atoms with Gasteiger partial charge in [0, 0.05) is 24.9 Å². The summed E-state index contributed by atoms with van der Waals surface area (Å²) in [5.41, 5.74) is 4.15. The summed E-state index contributed by atoms with van der Waals surface area (Å²) >= 11 is 0. The number of benzene rings is 2. The van der Waals surface area contributed by atoms with E-state index in [0.717, 1.165) is 22.4 Å². The van der Waals surface area contributed by atoms with Crippen molar-refractivity contribution in [3.05, 3.63) is 101 Å². The average molecular weight is 406 g/mol. The van der Waals surface area contributed by atoms with Gasteiger partial charge in [-0.15, -0.1) is 0 Å². The number of hydrogen-bond donors (Lipinski definition) is 1. The zero-order valence-corrected chi connectivity index (χ0v) is 16.7. The van der Waals surface area contributed by atoms with Crippen molar-refractivity contribution in [2.45, 2.75) is 19.8 Å².